The second-order valence-electron chi connectivity index (χ2n) is 8.31. The van der Waals surface area contributed by atoms with Crippen molar-refractivity contribution in [3.63, 3.8) is 0 Å². The molecule has 0 aliphatic carbocycles. The van der Waals surface area contributed by atoms with E-state index in [1.807, 2.05) is 18.2 Å². The molecule has 0 spiro atoms. The molecule has 0 aromatic carbocycles. The van der Waals surface area contributed by atoms with Crippen molar-refractivity contribution in [1.82, 2.24) is 20.3 Å². The quantitative estimate of drug-likeness (QED) is 0.557. The van der Waals surface area contributed by atoms with Gasteiger partial charge < -0.3 is 29.4 Å². The molecule has 2 aliphatic heterocycles. The number of aliphatic hydroxyl groups is 1. The normalized spacial score (nSPS) is 21.0. The Labute approximate surface area is 192 Å². The van der Waals surface area contributed by atoms with Crippen molar-refractivity contribution < 1.29 is 24.1 Å². The zero-order valence-corrected chi connectivity index (χ0v) is 18.6. The minimum atomic E-state index is -0.621. The van der Waals surface area contributed by atoms with Crippen LogP contribution in [0.4, 0.5) is 0 Å². The van der Waals surface area contributed by atoms with Crippen LogP contribution in [0.5, 0.6) is 17.4 Å². The van der Waals surface area contributed by atoms with Gasteiger partial charge in [0.1, 0.15) is 13.2 Å². The Bertz CT molecular complexity index is 1100. The smallest absolute Gasteiger partial charge is 0.213 e. The van der Waals surface area contributed by atoms with E-state index in [-0.39, 0.29) is 12.1 Å². The van der Waals surface area contributed by atoms with Crippen molar-refractivity contribution in [2.24, 2.45) is 0 Å². The fourth-order valence-electron chi connectivity index (χ4n) is 4.27. The Balaban J connectivity index is 1.14. The number of rotatable bonds is 7. The lowest BCUT2D eigenvalue weighted by Gasteiger charge is -2.32. The van der Waals surface area contributed by atoms with E-state index in [0.29, 0.717) is 44.4 Å². The van der Waals surface area contributed by atoms with Gasteiger partial charge in [-0.3, -0.25) is 9.97 Å². The number of hydrogen-bond donors (Lipinski definition) is 2. The molecule has 5 heterocycles. The van der Waals surface area contributed by atoms with Crippen LogP contribution in [0.15, 0.2) is 36.7 Å². The van der Waals surface area contributed by atoms with Gasteiger partial charge in [0.2, 0.25) is 5.88 Å². The van der Waals surface area contributed by atoms with Crippen LogP contribution in [-0.2, 0) is 17.7 Å². The Morgan fingerprint density at radius 3 is 2.85 bits per heavy atom. The number of pyridine rings is 3. The molecule has 0 unspecified atom stereocenters. The van der Waals surface area contributed by atoms with Gasteiger partial charge in [-0.15, -0.1) is 0 Å². The van der Waals surface area contributed by atoms with Crippen molar-refractivity contribution in [3.8, 4) is 17.4 Å². The number of aromatic nitrogens is 3. The molecule has 9 nitrogen and oxygen atoms in total. The first kappa shape index (κ1) is 21.8. The summed E-state index contributed by atoms with van der Waals surface area (Å²) in [5.74, 6) is 1.96. The average Bonchev–Trinajstić information content (AvgIpc) is 2.87. The van der Waals surface area contributed by atoms with Crippen molar-refractivity contribution in [2.45, 2.75) is 44.1 Å². The summed E-state index contributed by atoms with van der Waals surface area (Å²) in [6, 6.07) is 7.68. The molecule has 0 amide bonds. The molecule has 3 atom stereocenters. The van der Waals surface area contributed by atoms with Crippen LogP contribution in [0.25, 0.3) is 11.0 Å². The second kappa shape index (κ2) is 9.86. The molecule has 174 valence electrons. The number of hydrogen-bond acceptors (Lipinski definition) is 9. The number of aliphatic hydroxyl groups excluding tert-OH is 1. The number of nitrogens with one attached hydrogen (secondary N) is 1. The highest BCUT2D eigenvalue weighted by Crippen LogP contribution is 2.29. The lowest BCUT2D eigenvalue weighted by molar-refractivity contribution is -0.0717. The third-order valence-electron chi connectivity index (χ3n) is 6.08. The minimum absolute atomic E-state index is 0.205. The summed E-state index contributed by atoms with van der Waals surface area (Å²) in [4.78, 5) is 13.3. The Kier molecular flexibility index (Phi) is 6.52. The van der Waals surface area contributed by atoms with Gasteiger partial charge in [0, 0.05) is 37.3 Å². The molecule has 3 aromatic heterocycles. The standard InChI is InChI=1S/C24H28N4O5/c1-30-23-5-3-18-24(28-23)15(6-7-25-18)10-19(29)20-4-2-16(14-33-20)26-12-17-11-21-22(13-27-17)32-9-8-31-21/h3,5-7,11,13,16,19-20,26,29H,2,4,8-10,12,14H2,1H3/t16-,19+,20+/m1/s1. The maximum absolute atomic E-state index is 10.9. The third kappa shape index (κ3) is 5.00. The first-order valence-electron chi connectivity index (χ1n) is 11.3. The molecular formula is C24H28N4O5. The van der Waals surface area contributed by atoms with Crippen LogP contribution in [-0.4, -0.2) is 65.2 Å². The van der Waals surface area contributed by atoms with E-state index in [1.54, 1.807) is 25.6 Å². The molecule has 0 saturated carbocycles. The number of nitrogens with zero attached hydrogens (tertiary/aromatic N) is 3. The molecule has 3 aromatic rings. The predicted molar refractivity (Wildman–Crippen MR) is 121 cm³/mol. The highest BCUT2D eigenvalue weighted by atomic mass is 16.6. The minimum Gasteiger partial charge on any atom is -0.486 e. The molecule has 0 radical (unpaired) electrons. The van der Waals surface area contributed by atoms with Gasteiger partial charge in [0.05, 0.1) is 48.8 Å². The topological polar surface area (TPSA) is 108 Å². The summed E-state index contributed by atoms with van der Waals surface area (Å²) in [6.45, 7) is 2.27. The van der Waals surface area contributed by atoms with E-state index in [2.05, 4.69) is 20.3 Å². The van der Waals surface area contributed by atoms with E-state index < -0.39 is 6.10 Å². The van der Waals surface area contributed by atoms with Crippen LogP contribution < -0.4 is 19.5 Å². The van der Waals surface area contributed by atoms with Crippen LogP contribution in [0.1, 0.15) is 24.1 Å². The lowest BCUT2D eigenvalue weighted by atomic mass is 9.96. The fourth-order valence-corrected chi connectivity index (χ4v) is 4.27. The van der Waals surface area contributed by atoms with Crippen LogP contribution in [0.3, 0.4) is 0 Å². The van der Waals surface area contributed by atoms with E-state index in [4.69, 9.17) is 18.9 Å². The second-order valence-corrected chi connectivity index (χ2v) is 8.31. The van der Waals surface area contributed by atoms with Crippen LogP contribution >= 0.6 is 0 Å². The third-order valence-corrected chi connectivity index (χ3v) is 6.08. The van der Waals surface area contributed by atoms with E-state index >= 15 is 0 Å². The first-order chi connectivity index (χ1) is 16.2. The Hall–Kier alpha value is -3.01. The molecule has 33 heavy (non-hydrogen) atoms. The molecule has 5 rings (SSSR count). The van der Waals surface area contributed by atoms with E-state index in [1.165, 1.54) is 0 Å². The largest absolute Gasteiger partial charge is 0.486 e. The Morgan fingerprint density at radius 1 is 1.15 bits per heavy atom. The molecule has 2 aliphatic rings. The summed E-state index contributed by atoms with van der Waals surface area (Å²) in [5.41, 5.74) is 3.36. The molecule has 9 heteroatoms. The maximum atomic E-state index is 10.9. The summed E-state index contributed by atoms with van der Waals surface area (Å²) in [7, 11) is 1.59. The molecule has 1 saturated heterocycles. The molecular weight excluding hydrogens is 424 g/mol. The van der Waals surface area contributed by atoms with Gasteiger partial charge in [-0.2, -0.15) is 0 Å². The summed E-state index contributed by atoms with van der Waals surface area (Å²) < 4.78 is 22.4. The summed E-state index contributed by atoms with van der Waals surface area (Å²) in [6.07, 6.45) is 4.74. The van der Waals surface area contributed by atoms with Crippen molar-refractivity contribution >= 4 is 11.0 Å². The van der Waals surface area contributed by atoms with Crippen LogP contribution in [0, 0.1) is 0 Å². The average molecular weight is 453 g/mol. The summed E-state index contributed by atoms with van der Waals surface area (Å²) >= 11 is 0. The van der Waals surface area contributed by atoms with E-state index in [0.717, 1.165) is 40.9 Å². The van der Waals surface area contributed by atoms with Crippen molar-refractivity contribution in [1.29, 1.82) is 0 Å². The summed E-state index contributed by atoms with van der Waals surface area (Å²) in [5, 5.41) is 14.4. The lowest BCUT2D eigenvalue weighted by Crippen LogP contribution is -2.43. The van der Waals surface area contributed by atoms with Crippen molar-refractivity contribution in [3.05, 3.63) is 47.9 Å². The van der Waals surface area contributed by atoms with Crippen molar-refractivity contribution in [2.75, 3.05) is 26.9 Å². The predicted octanol–water partition coefficient (Wildman–Crippen LogP) is 2.05. The first-order valence-corrected chi connectivity index (χ1v) is 11.3. The van der Waals surface area contributed by atoms with Gasteiger partial charge in [-0.05, 0) is 30.5 Å². The number of fused-ring (bicyclic) bond motifs is 2. The fraction of sp³-hybridized carbons (Fsp3) is 0.458. The maximum Gasteiger partial charge on any atom is 0.213 e. The zero-order valence-electron chi connectivity index (χ0n) is 18.6. The Morgan fingerprint density at radius 2 is 2.03 bits per heavy atom. The van der Waals surface area contributed by atoms with Gasteiger partial charge in [-0.1, -0.05) is 0 Å². The zero-order chi connectivity index (χ0) is 22.6. The highest BCUT2D eigenvalue weighted by Gasteiger charge is 2.28. The van der Waals surface area contributed by atoms with Gasteiger partial charge >= 0.3 is 0 Å². The molecule has 0 bridgehead atoms. The highest BCUT2D eigenvalue weighted by molar-refractivity contribution is 5.78. The van der Waals surface area contributed by atoms with Gasteiger partial charge in [-0.25, -0.2) is 4.98 Å². The van der Waals surface area contributed by atoms with Gasteiger partial charge in [0.15, 0.2) is 11.5 Å². The SMILES string of the molecule is COc1ccc2nccc(C[C@H](O)[C@@H]3CC[C@@H](NCc4cc5c(cn4)OCCO5)CO3)c2n1. The van der Waals surface area contributed by atoms with Gasteiger partial charge in [0.25, 0.3) is 0 Å². The monoisotopic (exact) mass is 452 g/mol. The van der Waals surface area contributed by atoms with Crippen LogP contribution in [0.2, 0.25) is 0 Å². The van der Waals surface area contributed by atoms with E-state index in [9.17, 15) is 5.11 Å². The number of methoxy groups -OCH3 is 1. The molecule has 2 N–H and O–H groups in total. The molecule has 1 fully saturated rings. The number of ether oxygens (including phenoxy) is 4.